The van der Waals surface area contributed by atoms with Crippen molar-refractivity contribution in [2.45, 2.75) is 38.1 Å². The van der Waals surface area contributed by atoms with Crippen molar-refractivity contribution in [1.82, 2.24) is 19.3 Å². The molecule has 0 unspecified atom stereocenters. The van der Waals surface area contributed by atoms with Crippen molar-refractivity contribution in [3.05, 3.63) is 88.3 Å². The predicted molar refractivity (Wildman–Crippen MR) is 128 cm³/mol. The Morgan fingerprint density at radius 3 is 2.45 bits per heavy atom. The first-order valence-corrected chi connectivity index (χ1v) is 12.3. The molecule has 0 aliphatic rings. The van der Waals surface area contributed by atoms with Gasteiger partial charge in [-0.3, -0.25) is 4.79 Å². The second-order valence-corrected chi connectivity index (χ2v) is 10.1. The molecular weight excluding hydrogens is 460 g/mol. The number of fused-ring (bicyclic) bond motifs is 1. The number of sulfonamides is 1. The van der Waals surface area contributed by atoms with Crippen molar-refractivity contribution in [3.63, 3.8) is 0 Å². The number of benzene rings is 2. The molecule has 0 bridgehead atoms. The van der Waals surface area contributed by atoms with Crippen LogP contribution in [0.3, 0.4) is 0 Å². The number of aromatic nitrogens is 3. The summed E-state index contributed by atoms with van der Waals surface area (Å²) in [6, 6.07) is 16.8. The summed E-state index contributed by atoms with van der Waals surface area (Å²) in [5.74, 6) is 0.253. The molecule has 4 rings (SSSR count). The number of rotatable bonds is 6. The third-order valence-electron chi connectivity index (χ3n) is 5.37. The van der Waals surface area contributed by atoms with Gasteiger partial charge in [-0.25, -0.2) is 23.1 Å². The van der Waals surface area contributed by atoms with Gasteiger partial charge in [0.25, 0.3) is 15.9 Å². The number of pyridine rings is 1. The van der Waals surface area contributed by atoms with E-state index in [9.17, 15) is 13.2 Å². The Labute approximate surface area is 197 Å². The number of halogens is 1. The van der Waals surface area contributed by atoms with Crippen LogP contribution >= 0.6 is 11.6 Å². The smallest absolute Gasteiger partial charge is 0.283 e. The van der Waals surface area contributed by atoms with Crippen molar-refractivity contribution in [2.24, 2.45) is 0 Å². The van der Waals surface area contributed by atoms with Gasteiger partial charge in [0.2, 0.25) is 0 Å². The zero-order valence-electron chi connectivity index (χ0n) is 18.4. The monoisotopic (exact) mass is 482 g/mol. The molecule has 170 valence electrons. The minimum absolute atomic E-state index is 0.000185. The molecule has 2 aromatic heterocycles. The minimum Gasteiger partial charge on any atom is -0.308 e. The Balaban J connectivity index is 1.66. The highest BCUT2D eigenvalue weighted by Gasteiger charge is 2.21. The van der Waals surface area contributed by atoms with Gasteiger partial charge in [-0.1, -0.05) is 55.8 Å². The number of amides is 1. The van der Waals surface area contributed by atoms with E-state index in [2.05, 4.69) is 28.5 Å². The van der Waals surface area contributed by atoms with Gasteiger partial charge in [0.15, 0.2) is 5.65 Å². The zero-order valence-corrected chi connectivity index (χ0v) is 20.0. The van der Waals surface area contributed by atoms with E-state index >= 15 is 0 Å². The van der Waals surface area contributed by atoms with E-state index < -0.39 is 15.9 Å². The molecule has 0 atom stereocenters. The summed E-state index contributed by atoms with van der Waals surface area (Å²) in [6.45, 7) is 6.47. The maximum Gasteiger partial charge on any atom is 0.283 e. The molecule has 2 heterocycles. The number of carbonyl (C=O) groups is 1. The first kappa shape index (κ1) is 22.9. The van der Waals surface area contributed by atoms with Crippen LogP contribution in [-0.2, 0) is 16.6 Å². The molecule has 0 fully saturated rings. The van der Waals surface area contributed by atoms with Gasteiger partial charge in [-0.05, 0) is 54.3 Å². The maximum atomic E-state index is 12.7. The average molecular weight is 483 g/mol. The van der Waals surface area contributed by atoms with Crippen molar-refractivity contribution >= 4 is 38.7 Å². The van der Waals surface area contributed by atoms with Crippen molar-refractivity contribution in [3.8, 4) is 0 Å². The summed E-state index contributed by atoms with van der Waals surface area (Å²) >= 11 is 6.52. The standard InChI is InChI=1S/C24H23ClN4O3S/c1-15(2)17-9-10-18(20(25)13-17)14-29-16(3)26-21-11-12-22(27-23(21)29)24(30)28-33(31,32)19-7-5-4-6-8-19/h4-13,15H,14H2,1-3H3,(H,28,30). The van der Waals surface area contributed by atoms with Crippen molar-refractivity contribution < 1.29 is 13.2 Å². The van der Waals surface area contributed by atoms with E-state index in [1.165, 1.54) is 18.2 Å². The highest BCUT2D eigenvalue weighted by Crippen LogP contribution is 2.25. The summed E-state index contributed by atoms with van der Waals surface area (Å²) < 4.78 is 29.0. The lowest BCUT2D eigenvalue weighted by Crippen LogP contribution is -2.31. The number of hydrogen-bond donors (Lipinski definition) is 1. The second-order valence-electron chi connectivity index (χ2n) is 8.04. The molecule has 0 spiro atoms. The van der Waals surface area contributed by atoms with Crippen LogP contribution in [0.15, 0.2) is 65.6 Å². The Morgan fingerprint density at radius 1 is 1.06 bits per heavy atom. The number of nitrogens with zero attached hydrogens (tertiary/aromatic N) is 3. The van der Waals surface area contributed by atoms with Crippen molar-refractivity contribution in [1.29, 1.82) is 0 Å². The van der Waals surface area contributed by atoms with Gasteiger partial charge >= 0.3 is 0 Å². The second kappa shape index (κ2) is 8.96. The molecule has 2 aromatic carbocycles. The Hall–Kier alpha value is -3.23. The van der Waals surface area contributed by atoms with Crippen LogP contribution in [0.2, 0.25) is 5.02 Å². The van der Waals surface area contributed by atoms with Gasteiger partial charge in [0.1, 0.15) is 17.0 Å². The van der Waals surface area contributed by atoms with Crippen LogP contribution in [0.1, 0.15) is 47.2 Å². The third kappa shape index (κ3) is 4.77. The minimum atomic E-state index is -4.01. The summed E-state index contributed by atoms with van der Waals surface area (Å²) in [5, 5.41) is 0.644. The molecule has 0 aliphatic carbocycles. The van der Waals surface area contributed by atoms with E-state index in [1.54, 1.807) is 24.3 Å². The Morgan fingerprint density at radius 2 is 1.79 bits per heavy atom. The highest BCUT2D eigenvalue weighted by atomic mass is 35.5. The Kier molecular flexibility index (Phi) is 6.23. The number of hydrogen-bond acceptors (Lipinski definition) is 5. The van der Waals surface area contributed by atoms with Gasteiger partial charge < -0.3 is 4.57 Å². The van der Waals surface area contributed by atoms with Gasteiger partial charge in [0.05, 0.1) is 11.4 Å². The lowest BCUT2D eigenvalue weighted by molar-refractivity contribution is 0.0977. The normalized spacial score (nSPS) is 11.8. The number of imidazole rings is 1. The average Bonchev–Trinajstić information content (AvgIpc) is 3.09. The SMILES string of the molecule is Cc1nc2ccc(C(=O)NS(=O)(=O)c3ccccc3)nc2n1Cc1ccc(C(C)C)cc1Cl. The van der Waals surface area contributed by atoms with E-state index in [0.29, 0.717) is 34.5 Å². The van der Waals surface area contributed by atoms with Crippen LogP contribution in [0.4, 0.5) is 0 Å². The largest absolute Gasteiger partial charge is 0.308 e. The zero-order chi connectivity index (χ0) is 23.8. The highest BCUT2D eigenvalue weighted by molar-refractivity contribution is 7.90. The third-order valence-corrected chi connectivity index (χ3v) is 7.07. The van der Waals surface area contributed by atoms with E-state index in [-0.39, 0.29) is 10.6 Å². The van der Waals surface area contributed by atoms with E-state index in [1.807, 2.05) is 29.7 Å². The summed E-state index contributed by atoms with van der Waals surface area (Å²) in [4.78, 5) is 21.6. The molecule has 0 saturated carbocycles. The molecule has 9 heteroatoms. The first-order valence-electron chi connectivity index (χ1n) is 10.4. The van der Waals surface area contributed by atoms with Crippen LogP contribution in [0.25, 0.3) is 11.2 Å². The molecule has 33 heavy (non-hydrogen) atoms. The molecule has 1 N–H and O–H groups in total. The fourth-order valence-electron chi connectivity index (χ4n) is 3.48. The first-order chi connectivity index (χ1) is 15.7. The van der Waals surface area contributed by atoms with Crippen LogP contribution in [-0.4, -0.2) is 28.9 Å². The van der Waals surface area contributed by atoms with Gasteiger partial charge in [-0.15, -0.1) is 0 Å². The van der Waals surface area contributed by atoms with Crippen LogP contribution in [0, 0.1) is 6.92 Å². The summed E-state index contributed by atoms with van der Waals surface area (Å²) in [5.41, 5.74) is 3.09. The lowest BCUT2D eigenvalue weighted by atomic mass is 10.0. The molecular formula is C24H23ClN4O3S. The molecule has 0 aliphatic heterocycles. The summed E-state index contributed by atoms with van der Waals surface area (Å²) in [7, 11) is -4.01. The van der Waals surface area contributed by atoms with Crippen molar-refractivity contribution in [2.75, 3.05) is 0 Å². The summed E-state index contributed by atoms with van der Waals surface area (Å²) in [6.07, 6.45) is 0. The molecule has 4 aromatic rings. The van der Waals surface area contributed by atoms with Crippen LogP contribution in [0.5, 0.6) is 0 Å². The maximum absolute atomic E-state index is 12.7. The van der Waals surface area contributed by atoms with Gasteiger partial charge in [-0.2, -0.15) is 0 Å². The molecule has 7 nitrogen and oxygen atoms in total. The fourth-order valence-corrected chi connectivity index (χ4v) is 4.72. The van der Waals surface area contributed by atoms with Crippen LogP contribution < -0.4 is 4.72 Å². The Bertz CT molecular complexity index is 1450. The van der Waals surface area contributed by atoms with E-state index in [0.717, 1.165) is 11.1 Å². The molecule has 0 saturated heterocycles. The number of carbonyl (C=O) groups excluding carboxylic acids is 1. The molecule has 0 radical (unpaired) electrons. The quantitative estimate of drug-likeness (QED) is 0.430. The van der Waals surface area contributed by atoms with Gasteiger partial charge in [0, 0.05) is 5.02 Å². The molecule has 1 amide bonds. The number of aryl methyl sites for hydroxylation is 1. The fraction of sp³-hybridized carbons (Fsp3) is 0.208. The lowest BCUT2D eigenvalue weighted by Gasteiger charge is -2.12. The topological polar surface area (TPSA) is 93.9 Å². The number of nitrogens with one attached hydrogen (secondary N) is 1. The van der Waals surface area contributed by atoms with E-state index in [4.69, 9.17) is 11.6 Å². The predicted octanol–water partition coefficient (Wildman–Crippen LogP) is 4.68.